The summed E-state index contributed by atoms with van der Waals surface area (Å²) >= 11 is 14.6. The summed E-state index contributed by atoms with van der Waals surface area (Å²) in [5, 5.41) is 5.23. The first-order valence-electron chi connectivity index (χ1n) is 8.57. The molecule has 0 aliphatic rings. The summed E-state index contributed by atoms with van der Waals surface area (Å²) in [5.41, 5.74) is 1.08. The smallest absolute Gasteiger partial charge is 0.276 e. The maximum absolute atomic E-state index is 13.2. The number of aromatic nitrogens is 2. The molecule has 1 N–H and O–H groups in total. The molecular weight excluding hydrogens is 468 g/mol. The summed E-state index contributed by atoms with van der Waals surface area (Å²) in [5.74, 6) is -0.913. The summed E-state index contributed by atoms with van der Waals surface area (Å²) in [7, 11) is 0. The van der Waals surface area contributed by atoms with Crippen molar-refractivity contribution in [3.8, 4) is 5.69 Å². The maximum atomic E-state index is 13.2. The van der Waals surface area contributed by atoms with Crippen LogP contribution in [0.2, 0.25) is 10.0 Å². The molecule has 0 unspecified atom stereocenters. The Morgan fingerprint density at radius 1 is 1.17 bits per heavy atom. The second-order valence-electron chi connectivity index (χ2n) is 6.08. The average molecular weight is 480 g/mol. The van der Waals surface area contributed by atoms with Crippen LogP contribution in [-0.4, -0.2) is 21.2 Å². The van der Waals surface area contributed by atoms with Crippen molar-refractivity contribution in [2.24, 2.45) is 0 Å². The minimum absolute atomic E-state index is 0.0414. The van der Waals surface area contributed by atoms with Crippen LogP contribution in [0.4, 0.5) is 10.1 Å². The topological polar surface area (TPSA) is 64.0 Å². The van der Waals surface area contributed by atoms with E-state index in [-0.39, 0.29) is 22.2 Å². The number of nitrogens with one attached hydrogen (secondary N) is 1. The molecule has 2 aromatic heterocycles. The summed E-state index contributed by atoms with van der Waals surface area (Å²) in [6, 6.07) is 12.4. The van der Waals surface area contributed by atoms with Gasteiger partial charge in [0.25, 0.3) is 5.56 Å². The molecular formula is C20H12Cl2FN3O2S2. The summed E-state index contributed by atoms with van der Waals surface area (Å²) in [4.78, 5) is 30.0. The van der Waals surface area contributed by atoms with E-state index in [2.05, 4.69) is 10.3 Å². The number of carbonyl (C=O) groups is 1. The molecule has 2 heterocycles. The van der Waals surface area contributed by atoms with Crippen LogP contribution < -0.4 is 10.9 Å². The van der Waals surface area contributed by atoms with Crippen molar-refractivity contribution in [1.29, 1.82) is 0 Å². The van der Waals surface area contributed by atoms with Crippen molar-refractivity contribution in [2.75, 3.05) is 11.1 Å². The van der Waals surface area contributed by atoms with E-state index in [0.717, 1.165) is 17.8 Å². The Balaban J connectivity index is 1.65. The van der Waals surface area contributed by atoms with Gasteiger partial charge in [-0.3, -0.25) is 14.2 Å². The number of rotatable bonds is 5. The summed E-state index contributed by atoms with van der Waals surface area (Å²) in [6.45, 7) is 0. The second-order valence-corrected chi connectivity index (χ2v) is 8.76. The van der Waals surface area contributed by atoms with Crippen LogP contribution in [0.3, 0.4) is 0 Å². The Morgan fingerprint density at radius 3 is 2.73 bits per heavy atom. The van der Waals surface area contributed by atoms with Gasteiger partial charge in [-0.1, -0.05) is 47.1 Å². The van der Waals surface area contributed by atoms with E-state index in [4.69, 9.17) is 23.2 Å². The third-order valence-electron chi connectivity index (χ3n) is 4.08. The van der Waals surface area contributed by atoms with Gasteiger partial charge >= 0.3 is 0 Å². The number of fused-ring (bicyclic) bond motifs is 1. The normalized spacial score (nSPS) is 11.0. The van der Waals surface area contributed by atoms with Gasteiger partial charge in [-0.15, -0.1) is 11.3 Å². The lowest BCUT2D eigenvalue weighted by molar-refractivity contribution is -0.113. The van der Waals surface area contributed by atoms with Crippen LogP contribution in [0.1, 0.15) is 0 Å². The molecule has 0 saturated carbocycles. The minimum Gasteiger partial charge on any atom is -0.324 e. The van der Waals surface area contributed by atoms with E-state index in [1.54, 1.807) is 35.7 Å². The summed E-state index contributed by atoms with van der Waals surface area (Å²) in [6.07, 6.45) is 0. The molecule has 0 radical (unpaired) electrons. The zero-order chi connectivity index (χ0) is 21.3. The first-order valence-corrected chi connectivity index (χ1v) is 11.2. The molecule has 0 aliphatic heterocycles. The van der Waals surface area contributed by atoms with Crippen LogP contribution >= 0.6 is 46.3 Å². The van der Waals surface area contributed by atoms with Crippen molar-refractivity contribution < 1.29 is 9.18 Å². The fourth-order valence-electron chi connectivity index (χ4n) is 2.74. The van der Waals surface area contributed by atoms with Gasteiger partial charge in [0.2, 0.25) is 5.91 Å². The lowest BCUT2D eigenvalue weighted by Crippen LogP contribution is -2.22. The number of hydrogen-bond donors (Lipinski definition) is 1. The van der Waals surface area contributed by atoms with E-state index in [9.17, 15) is 14.0 Å². The van der Waals surface area contributed by atoms with Gasteiger partial charge in [-0.2, -0.15) is 0 Å². The molecule has 4 aromatic rings. The SMILES string of the molecule is O=C(CSc1nc2ccsc2c(=O)n1-c1ccccc1Cl)Nc1ccc(F)cc1Cl. The highest BCUT2D eigenvalue weighted by Crippen LogP contribution is 2.28. The van der Waals surface area contributed by atoms with Gasteiger partial charge < -0.3 is 5.32 Å². The van der Waals surface area contributed by atoms with Crippen molar-refractivity contribution in [2.45, 2.75) is 5.16 Å². The number of halogens is 3. The molecule has 0 saturated heterocycles. The van der Waals surface area contributed by atoms with Crippen LogP contribution in [0, 0.1) is 5.82 Å². The standard InChI is InChI=1S/C20H12Cl2FN3O2S2/c21-12-3-1-2-4-16(12)26-19(28)18-15(7-8-29-18)25-20(26)30-10-17(27)24-14-6-5-11(23)9-13(14)22/h1-9H,10H2,(H,24,27). The maximum Gasteiger partial charge on any atom is 0.276 e. The highest BCUT2D eigenvalue weighted by Gasteiger charge is 2.17. The first-order chi connectivity index (χ1) is 14.4. The largest absolute Gasteiger partial charge is 0.324 e. The van der Waals surface area contributed by atoms with Crippen molar-refractivity contribution in [1.82, 2.24) is 9.55 Å². The molecule has 0 aliphatic carbocycles. The molecule has 0 bridgehead atoms. The molecule has 0 fully saturated rings. The van der Waals surface area contributed by atoms with Gasteiger partial charge in [0.1, 0.15) is 10.5 Å². The Morgan fingerprint density at radius 2 is 1.97 bits per heavy atom. The van der Waals surface area contributed by atoms with Crippen LogP contribution in [0.15, 0.2) is 63.9 Å². The first kappa shape index (κ1) is 20.9. The number of anilines is 1. The van der Waals surface area contributed by atoms with E-state index in [1.165, 1.54) is 28.0 Å². The Hall–Kier alpha value is -2.39. The highest BCUT2D eigenvalue weighted by atomic mass is 35.5. The lowest BCUT2D eigenvalue weighted by Gasteiger charge is -2.13. The van der Waals surface area contributed by atoms with Crippen molar-refractivity contribution in [3.63, 3.8) is 0 Å². The van der Waals surface area contributed by atoms with E-state index in [1.807, 2.05) is 0 Å². The predicted molar refractivity (Wildman–Crippen MR) is 121 cm³/mol. The highest BCUT2D eigenvalue weighted by molar-refractivity contribution is 7.99. The average Bonchev–Trinajstić information content (AvgIpc) is 3.18. The number of thioether (sulfide) groups is 1. The van der Waals surface area contributed by atoms with Gasteiger partial charge in [0.05, 0.1) is 32.7 Å². The Labute approximate surface area is 188 Å². The van der Waals surface area contributed by atoms with Gasteiger partial charge in [-0.25, -0.2) is 9.37 Å². The number of para-hydroxylation sites is 1. The Bertz CT molecular complexity index is 1320. The molecule has 2 aromatic carbocycles. The van der Waals surface area contributed by atoms with Gasteiger partial charge in [0.15, 0.2) is 5.16 Å². The van der Waals surface area contributed by atoms with Gasteiger partial charge in [-0.05, 0) is 41.8 Å². The third-order valence-corrected chi connectivity index (χ3v) is 6.54. The molecule has 1 amide bonds. The zero-order valence-electron chi connectivity index (χ0n) is 15.1. The monoisotopic (exact) mass is 479 g/mol. The lowest BCUT2D eigenvalue weighted by atomic mass is 10.3. The number of benzene rings is 2. The zero-order valence-corrected chi connectivity index (χ0v) is 18.2. The number of carbonyl (C=O) groups excluding carboxylic acids is 1. The molecule has 30 heavy (non-hydrogen) atoms. The van der Waals surface area contributed by atoms with E-state index in [0.29, 0.717) is 31.8 Å². The fourth-order valence-corrected chi connectivity index (χ4v) is 4.74. The number of amides is 1. The van der Waals surface area contributed by atoms with Crippen molar-refractivity contribution in [3.05, 3.63) is 80.1 Å². The number of nitrogens with zero attached hydrogens (tertiary/aromatic N) is 2. The second kappa shape index (κ2) is 8.77. The van der Waals surface area contributed by atoms with Crippen molar-refractivity contribution >= 4 is 68.1 Å². The molecule has 152 valence electrons. The molecule has 10 heteroatoms. The number of hydrogen-bond acceptors (Lipinski definition) is 5. The molecule has 4 rings (SSSR count). The molecule has 5 nitrogen and oxygen atoms in total. The van der Waals surface area contributed by atoms with E-state index >= 15 is 0 Å². The number of thiophene rings is 1. The molecule has 0 atom stereocenters. The predicted octanol–water partition coefficient (Wildman–Crippen LogP) is 5.62. The van der Waals surface area contributed by atoms with E-state index < -0.39 is 5.82 Å². The Kier molecular flexibility index (Phi) is 6.10. The summed E-state index contributed by atoms with van der Waals surface area (Å²) < 4.78 is 15.1. The minimum atomic E-state index is -0.496. The fraction of sp³-hybridized carbons (Fsp3) is 0.0500. The van der Waals surface area contributed by atoms with Crippen LogP contribution in [0.25, 0.3) is 15.9 Å². The van der Waals surface area contributed by atoms with Gasteiger partial charge in [0, 0.05) is 0 Å². The van der Waals surface area contributed by atoms with Crippen LogP contribution in [-0.2, 0) is 4.79 Å². The van der Waals surface area contributed by atoms with Crippen LogP contribution in [0.5, 0.6) is 0 Å². The quantitative estimate of drug-likeness (QED) is 0.297. The third kappa shape index (κ3) is 4.22. The molecule has 0 spiro atoms.